The monoisotopic (exact) mass is 377 g/mol. The van der Waals surface area contributed by atoms with Gasteiger partial charge in [-0.05, 0) is 55.0 Å². The number of aliphatic imine (C=N–C) groups is 1. The molecule has 2 aromatic carbocycles. The van der Waals surface area contributed by atoms with Crippen LogP contribution in [0, 0.1) is 5.82 Å². The number of esters is 1. The molecule has 8 heteroatoms. The highest BCUT2D eigenvalue weighted by atomic mass is 19.3. The minimum atomic E-state index is -2.99. The van der Waals surface area contributed by atoms with Crippen LogP contribution in [0.25, 0.3) is 6.08 Å². The minimum Gasteiger partial charge on any atom is -0.490 e. The Kier molecular flexibility index (Phi) is 5.44. The summed E-state index contributed by atoms with van der Waals surface area (Å²) in [6.45, 7) is -1.04. The molecule has 2 aromatic rings. The molecule has 0 atom stereocenters. The van der Waals surface area contributed by atoms with Crippen molar-refractivity contribution >= 4 is 17.9 Å². The molecule has 1 heterocycles. The first-order valence-electron chi connectivity index (χ1n) is 7.96. The van der Waals surface area contributed by atoms with Gasteiger partial charge in [0.05, 0.1) is 6.61 Å². The molecule has 3 rings (SSSR count). The highest BCUT2D eigenvalue weighted by Crippen LogP contribution is 2.31. The fourth-order valence-electron chi connectivity index (χ4n) is 2.36. The molecule has 0 spiro atoms. The third-order valence-electron chi connectivity index (χ3n) is 3.50. The lowest BCUT2D eigenvalue weighted by Gasteiger charge is -2.11. The Balaban J connectivity index is 1.89. The van der Waals surface area contributed by atoms with E-state index < -0.39 is 18.4 Å². The number of alkyl halides is 2. The highest BCUT2D eigenvalue weighted by Gasteiger charge is 2.24. The largest absolute Gasteiger partial charge is 0.490 e. The number of hydrogen-bond acceptors (Lipinski definition) is 5. The van der Waals surface area contributed by atoms with Crippen molar-refractivity contribution in [1.29, 1.82) is 0 Å². The summed E-state index contributed by atoms with van der Waals surface area (Å²) in [6.07, 6.45) is 1.42. The van der Waals surface area contributed by atoms with E-state index in [0.717, 1.165) is 0 Å². The molecule has 0 fully saturated rings. The van der Waals surface area contributed by atoms with E-state index in [-0.39, 0.29) is 29.7 Å². The summed E-state index contributed by atoms with van der Waals surface area (Å²) >= 11 is 0. The van der Waals surface area contributed by atoms with Gasteiger partial charge in [-0.1, -0.05) is 6.07 Å². The predicted octanol–water partition coefficient (Wildman–Crippen LogP) is 4.17. The van der Waals surface area contributed by atoms with Crippen LogP contribution in [0.15, 0.2) is 53.2 Å². The van der Waals surface area contributed by atoms with Gasteiger partial charge in [0.2, 0.25) is 5.90 Å². The van der Waals surface area contributed by atoms with E-state index in [4.69, 9.17) is 9.47 Å². The topological polar surface area (TPSA) is 57.1 Å². The Morgan fingerprint density at radius 3 is 2.56 bits per heavy atom. The second kappa shape index (κ2) is 7.94. The Hall–Kier alpha value is -3.29. The summed E-state index contributed by atoms with van der Waals surface area (Å²) < 4.78 is 52.7. The maximum Gasteiger partial charge on any atom is 0.387 e. The van der Waals surface area contributed by atoms with E-state index in [1.54, 1.807) is 6.92 Å². The number of carbonyl (C=O) groups excluding carboxylic acids is 1. The molecule has 1 aliphatic rings. The van der Waals surface area contributed by atoms with Gasteiger partial charge >= 0.3 is 12.6 Å². The number of carbonyl (C=O) groups is 1. The molecule has 0 aliphatic carbocycles. The van der Waals surface area contributed by atoms with Gasteiger partial charge in [0.25, 0.3) is 0 Å². The van der Waals surface area contributed by atoms with Crippen LogP contribution in [0.2, 0.25) is 0 Å². The maximum absolute atomic E-state index is 13.0. The van der Waals surface area contributed by atoms with Crippen LogP contribution < -0.4 is 9.47 Å². The zero-order valence-corrected chi connectivity index (χ0v) is 14.1. The van der Waals surface area contributed by atoms with Crippen molar-refractivity contribution in [3.8, 4) is 11.5 Å². The molecular formula is C19H14F3NO4. The Bertz CT molecular complexity index is 908. The van der Waals surface area contributed by atoms with Crippen molar-refractivity contribution in [2.24, 2.45) is 4.99 Å². The molecule has 0 bridgehead atoms. The lowest BCUT2D eigenvalue weighted by atomic mass is 10.1. The first kappa shape index (κ1) is 18.5. The number of hydrogen-bond donors (Lipinski definition) is 0. The molecule has 0 radical (unpaired) electrons. The fraction of sp³-hybridized carbons (Fsp3) is 0.158. The molecular weight excluding hydrogens is 363 g/mol. The average Bonchev–Trinajstić information content (AvgIpc) is 2.98. The molecule has 5 nitrogen and oxygen atoms in total. The van der Waals surface area contributed by atoms with Crippen molar-refractivity contribution < 1.29 is 32.2 Å². The molecule has 0 N–H and O–H groups in total. The van der Waals surface area contributed by atoms with Gasteiger partial charge < -0.3 is 14.2 Å². The summed E-state index contributed by atoms with van der Waals surface area (Å²) in [5, 5.41) is 0. The Morgan fingerprint density at radius 1 is 1.15 bits per heavy atom. The molecule has 0 unspecified atom stereocenters. The lowest BCUT2D eigenvalue weighted by Crippen LogP contribution is -2.05. The summed E-state index contributed by atoms with van der Waals surface area (Å²) in [5.41, 5.74) is 0.944. The van der Waals surface area contributed by atoms with Crippen molar-refractivity contribution in [3.05, 3.63) is 65.1 Å². The second-order valence-electron chi connectivity index (χ2n) is 5.36. The quantitative estimate of drug-likeness (QED) is 0.560. The van der Waals surface area contributed by atoms with Crippen LogP contribution in [-0.4, -0.2) is 25.1 Å². The van der Waals surface area contributed by atoms with Crippen LogP contribution in [0.5, 0.6) is 11.5 Å². The smallest absolute Gasteiger partial charge is 0.387 e. The summed E-state index contributed by atoms with van der Waals surface area (Å²) in [4.78, 5) is 16.1. The zero-order chi connectivity index (χ0) is 19.4. The highest BCUT2D eigenvalue weighted by molar-refractivity contribution is 6.12. The van der Waals surface area contributed by atoms with Gasteiger partial charge in [0.15, 0.2) is 17.2 Å². The van der Waals surface area contributed by atoms with E-state index in [1.165, 1.54) is 48.5 Å². The normalized spacial score (nSPS) is 15.1. The lowest BCUT2D eigenvalue weighted by molar-refractivity contribution is -0.129. The van der Waals surface area contributed by atoms with E-state index in [1.807, 2.05) is 0 Å². The molecule has 0 aromatic heterocycles. The average molecular weight is 377 g/mol. The van der Waals surface area contributed by atoms with Crippen molar-refractivity contribution in [2.75, 3.05) is 6.61 Å². The van der Waals surface area contributed by atoms with E-state index >= 15 is 0 Å². The maximum atomic E-state index is 13.0. The van der Waals surface area contributed by atoms with Gasteiger partial charge in [0.1, 0.15) is 5.82 Å². The van der Waals surface area contributed by atoms with E-state index in [2.05, 4.69) is 9.73 Å². The fourth-order valence-corrected chi connectivity index (χ4v) is 2.36. The molecule has 27 heavy (non-hydrogen) atoms. The van der Waals surface area contributed by atoms with Gasteiger partial charge in [-0.15, -0.1) is 0 Å². The Labute approximate surface area is 152 Å². The van der Waals surface area contributed by atoms with Gasteiger partial charge in [0, 0.05) is 5.56 Å². The first-order valence-corrected chi connectivity index (χ1v) is 7.96. The van der Waals surface area contributed by atoms with Crippen LogP contribution >= 0.6 is 0 Å². The summed E-state index contributed by atoms with van der Waals surface area (Å²) in [5.74, 6) is -1.05. The number of nitrogens with zero attached hydrogens (tertiary/aromatic N) is 1. The Morgan fingerprint density at radius 2 is 1.89 bits per heavy atom. The summed E-state index contributed by atoms with van der Waals surface area (Å²) in [7, 11) is 0. The third-order valence-corrected chi connectivity index (χ3v) is 3.50. The molecule has 0 saturated carbocycles. The SMILES string of the molecule is CCOc1cc(/C=C2\N=C(c3ccc(F)cc3)OC2=O)ccc1OC(F)F. The standard InChI is InChI=1S/C19H14F3NO4/c1-2-25-16-10-11(3-8-15(16)26-19(21)22)9-14-18(24)27-17(23-14)12-4-6-13(20)7-5-12/h3-10,19H,2H2,1H3/b14-9-. The molecule has 1 aliphatic heterocycles. The number of rotatable bonds is 6. The number of cyclic esters (lactones) is 1. The van der Waals surface area contributed by atoms with Crippen molar-refractivity contribution in [1.82, 2.24) is 0 Å². The van der Waals surface area contributed by atoms with E-state index in [0.29, 0.717) is 11.1 Å². The van der Waals surface area contributed by atoms with Crippen molar-refractivity contribution in [2.45, 2.75) is 13.5 Å². The first-order chi connectivity index (χ1) is 13.0. The molecule has 0 amide bonds. The second-order valence-corrected chi connectivity index (χ2v) is 5.36. The molecule has 140 valence electrons. The van der Waals surface area contributed by atoms with Crippen LogP contribution in [0.4, 0.5) is 13.2 Å². The van der Waals surface area contributed by atoms with Crippen LogP contribution in [0.1, 0.15) is 18.1 Å². The predicted molar refractivity (Wildman–Crippen MR) is 91.2 cm³/mol. The minimum absolute atomic E-state index is 0.0132. The number of halogens is 3. The van der Waals surface area contributed by atoms with Crippen molar-refractivity contribution in [3.63, 3.8) is 0 Å². The molecule has 0 saturated heterocycles. The zero-order valence-electron chi connectivity index (χ0n) is 14.1. The third kappa shape index (κ3) is 4.46. The summed E-state index contributed by atoms with van der Waals surface area (Å²) in [6, 6.07) is 9.57. The van der Waals surface area contributed by atoms with Gasteiger partial charge in [-0.3, -0.25) is 0 Å². The number of benzene rings is 2. The number of ether oxygens (including phenoxy) is 3. The van der Waals surface area contributed by atoms with E-state index in [9.17, 15) is 18.0 Å². The van der Waals surface area contributed by atoms with Gasteiger partial charge in [-0.25, -0.2) is 14.2 Å². The van der Waals surface area contributed by atoms with Crippen LogP contribution in [0.3, 0.4) is 0 Å². The van der Waals surface area contributed by atoms with Crippen LogP contribution in [-0.2, 0) is 9.53 Å². The van der Waals surface area contributed by atoms with Gasteiger partial charge in [-0.2, -0.15) is 8.78 Å².